The van der Waals surface area contributed by atoms with Crippen LogP contribution in [0.1, 0.15) is 12.5 Å². The fourth-order valence-electron chi connectivity index (χ4n) is 1.79. The number of phenolic OH excluding ortho intramolecular Hbond substituents is 3. The highest BCUT2D eigenvalue weighted by Gasteiger charge is 2.09. The van der Waals surface area contributed by atoms with Gasteiger partial charge in [-0.1, -0.05) is 31.2 Å². The fourth-order valence-corrected chi connectivity index (χ4v) is 1.79. The van der Waals surface area contributed by atoms with Crippen molar-refractivity contribution in [1.82, 2.24) is 0 Å². The average molecular weight is 230 g/mol. The molecule has 2 rings (SSSR count). The normalized spacial score (nSPS) is 10.4. The smallest absolute Gasteiger partial charge is 0.165 e. The maximum Gasteiger partial charge on any atom is 0.165 e. The molecule has 3 heteroatoms. The van der Waals surface area contributed by atoms with Gasteiger partial charge in [-0.15, -0.1) is 0 Å². The summed E-state index contributed by atoms with van der Waals surface area (Å²) < 4.78 is 0. The number of hydrogen-bond donors (Lipinski definition) is 3. The first kappa shape index (κ1) is 11.3. The third kappa shape index (κ3) is 2.04. The standard InChI is InChI=1S/C14H14O3/c1-2-9-6-7-10(8-13(9)16)11-4-3-5-12(15)14(11)17/h3-8,15-17H,2H2,1H3. The van der Waals surface area contributed by atoms with Gasteiger partial charge in [-0.25, -0.2) is 0 Å². The molecule has 0 saturated carbocycles. The Kier molecular flexibility index (Phi) is 2.91. The summed E-state index contributed by atoms with van der Waals surface area (Å²) in [5, 5.41) is 28.9. The van der Waals surface area contributed by atoms with Crippen LogP contribution in [-0.4, -0.2) is 15.3 Å². The molecule has 0 bridgehead atoms. The number of phenols is 3. The largest absolute Gasteiger partial charge is 0.508 e. The van der Waals surface area contributed by atoms with Crippen LogP contribution in [-0.2, 0) is 6.42 Å². The van der Waals surface area contributed by atoms with Crippen LogP contribution in [0.2, 0.25) is 0 Å². The number of hydrogen-bond acceptors (Lipinski definition) is 3. The van der Waals surface area contributed by atoms with Crippen molar-refractivity contribution in [1.29, 1.82) is 0 Å². The molecule has 0 aromatic heterocycles. The zero-order valence-corrected chi connectivity index (χ0v) is 9.51. The molecule has 0 heterocycles. The first-order chi connectivity index (χ1) is 8.13. The lowest BCUT2D eigenvalue weighted by Gasteiger charge is -2.08. The van der Waals surface area contributed by atoms with Gasteiger partial charge in [0.1, 0.15) is 5.75 Å². The Morgan fingerprint density at radius 3 is 2.35 bits per heavy atom. The van der Waals surface area contributed by atoms with Gasteiger partial charge in [0, 0.05) is 5.56 Å². The summed E-state index contributed by atoms with van der Waals surface area (Å²) in [6, 6.07) is 9.97. The minimum atomic E-state index is -0.170. The number of rotatable bonds is 2. The Bertz CT molecular complexity index is 547. The van der Waals surface area contributed by atoms with Gasteiger partial charge < -0.3 is 15.3 Å². The summed E-state index contributed by atoms with van der Waals surface area (Å²) in [5.41, 5.74) is 2.03. The van der Waals surface area contributed by atoms with E-state index in [4.69, 9.17) is 0 Å². The second-order valence-electron chi connectivity index (χ2n) is 3.87. The van der Waals surface area contributed by atoms with E-state index in [1.165, 1.54) is 6.07 Å². The van der Waals surface area contributed by atoms with Crippen molar-refractivity contribution in [3.05, 3.63) is 42.0 Å². The highest BCUT2D eigenvalue weighted by atomic mass is 16.3. The minimum absolute atomic E-state index is 0.165. The summed E-state index contributed by atoms with van der Waals surface area (Å²) in [4.78, 5) is 0. The molecule has 0 amide bonds. The third-order valence-corrected chi connectivity index (χ3v) is 2.79. The summed E-state index contributed by atoms with van der Waals surface area (Å²) in [6.07, 6.45) is 0.748. The predicted molar refractivity (Wildman–Crippen MR) is 66.3 cm³/mol. The third-order valence-electron chi connectivity index (χ3n) is 2.79. The van der Waals surface area contributed by atoms with E-state index in [9.17, 15) is 15.3 Å². The second-order valence-corrected chi connectivity index (χ2v) is 3.87. The monoisotopic (exact) mass is 230 g/mol. The molecular formula is C14H14O3. The van der Waals surface area contributed by atoms with E-state index in [-0.39, 0.29) is 17.2 Å². The number of benzene rings is 2. The fraction of sp³-hybridized carbons (Fsp3) is 0.143. The molecule has 2 aromatic carbocycles. The first-order valence-corrected chi connectivity index (χ1v) is 5.46. The summed E-state index contributed by atoms with van der Waals surface area (Å²) in [7, 11) is 0. The van der Waals surface area contributed by atoms with Crippen molar-refractivity contribution in [2.75, 3.05) is 0 Å². The SMILES string of the molecule is CCc1ccc(-c2cccc(O)c2O)cc1O. The van der Waals surface area contributed by atoms with Crippen molar-refractivity contribution in [3.63, 3.8) is 0 Å². The van der Waals surface area contributed by atoms with Crippen LogP contribution in [0.3, 0.4) is 0 Å². The molecule has 0 aliphatic rings. The van der Waals surface area contributed by atoms with Gasteiger partial charge >= 0.3 is 0 Å². The minimum Gasteiger partial charge on any atom is -0.508 e. The molecular weight excluding hydrogens is 216 g/mol. The molecule has 0 atom stereocenters. The lowest BCUT2D eigenvalue weighted by atomic mass is 10.0. The highest BCUT2D eigenvalue weighted by Crippen LogP contribution is 2.37. The molecule has 0 fully saturated rings. The van der Waals surface area contributed by atoms with Crippen LogP contribution in [0.25, 0.3) is 11.1 Å². The lowest BCUT2D eigenvalue weighted by molar-refractivity contribution is 0.405. The zero-order chi connectivity index (χ0) is 12.4. The molecule has 2 aromatic rings. The maximum absolute atomic E-state index is 9.77. The van der Waals surface area contributed by atoms with E-state index in [0.29, 0.717) is 11.1 Å². The van der Waals surface area contributed by atoms with E-state index in [0.717, 1.165) is 12.0 Å². The molecule has 0 spiro atoms. The maximum atomic E-state index is 9.77. The second kappa shape index (κ2) is 4.37. The predicted octanol–water partition coefficient (Wildman–Crippen LogP) is 3.03. The number of para-hydroxylation sites is 1. The van der Waals surface area contributed by atoms with E-state index in [2.05, 4.69) is 0 Å². The molecule has 0 aliphatic carbocycles. The Balaban J connectivity index is 2.54. The highest BCUT2D eigenvalue weighted by molar-refractivity contribution is 5.74. The van der Waals surface area contributed by atoms with Crippen molar-refractivity contribution >= 4 is 0 Å². The van der Waals surface area contributed by atoms with Gasteiger partial charge in [-0.3, -0.25) is 0 Å². The van der Waals surface area contributed by atoms with E-state index < -0.39 is 0 Å². The van der Waals surface area contributed by atoms with E-state index >= 15 is 0 Å². The van der Waals surface area contributed by atoms with Crippen LogP contribution >= 0.6 is 0 Å². The summed E-state index contributed by atoms with van der Waals surface area (Å²) >= 11 is 0. The van der Waals surface area contributed by atoms with Gasteiger partial charge in [0.05, 0.1) is 0 Å². The molecule has 0 radical (unpaired) electrons. The van der Waals surface area contributed by atoms with E-state index in [1.54, 1.807) is 18.2 Å². The molecule has 88 valence electrons. The summed E-state index contributed by atoms with van der Waals surface area (Å²) in [6.45, 7) is 1.96. The molecule has 17 heavy (non-hydrogen) atoms. The number of aryl methyl sites for hydroxylation is 1. The number of aromatic hydroxyl groups is 3. The van der Waals surface area contributed by atoms with Crippen LogP contribution in [0.15, 0.2) is 36.4 Å². The van der Waals surface area contributed by atoms with Crippen LogP contribution in [0.4, 0.5) is 0 Å². The van der Waals surface area contributed by atoms with Crippen molar-refractivity contribution in [2.45, 2.75) is 13.3 Å². The Morgan fingerprint density at radius 2 is 1.71 bits per heavy atom. The Morgan fingerprint density at radius 1 is 0.941 bits per heavy atom. The van der Waals surface area contributed by atoms with Gasteiger partial charge in [-0.05, 0) is 29.7 Å². The van der Waals surface area contributed by atoms with E-state index in [1.807, 2.05) is 19.1 Å². The van der Waals surface area contributed by atoms with Gasteiger partial charge in [0.2, 0.25) is 0 Å². The summed E-state index contributed by atoms with van der Waals surface area (Å²) in [5.74, 6) is -0.134. The Hall–Kier alpha value is -2.16. The van der Waals surface area contributed by atoms with Crippen molar-refractivity contribution < 1.29 is 15.3 Å². The van der Waals surface area contributed by atoms with Crippen LogP contribution in [0.5, 0.6) is 17.2 Å². The van der Waals surface area contributed by atoms with Crippen LogP contribution < -0.4 is 0 Å². The van der Waals surface area contributed by atoms with Crippen LogP contribution in [0, 0.1) is 0 Å². The van der Waals surface area contributed by atoms with Gasteiger partial charge in [0.15, 0.2) is 11.5 Å². The van der Waals surface area contributed by atoms with Gasteiger partial charge in [-0.2, -0.15) is 0 Å². The zero-order valence-electron chi connectivity index (χ0n) is 9.51. The van der Waals surface area contributed by atoms with Crippen molar-refractivity contribution in [3.8, 4) is 28.4 Å². The molecule has 0 aliphatic heterocycles. The average Bonchev–Trinajstić information content (AvgIpc) is 2.32. The van der Waals surface area contributed by atoms with Gasteiger partial charge in [0.25, 0.3) is 0 Å². The van der Waals surface area contributed by atoms with Crippen molar-refractivity contribution in [2.24, 2.45) is 0 Å². The molecule has 3 nitrogen and oxygen atoms in total. The topological polar surface area (TPSA) is 60.7 Å². The molecule has 3 N–H and O–H groups in total. The quantitative estimate of drug-likeness (QED) is 0.695. The lowest BCUT2D eigenvalue weighted by Crippen LogP contribution is -1.84. The first-order valence-electron chi connectivity index (χ1n) is 5.46. The molecule has 0 unspecified atom stereocenters. The Labute approximate surface area is 99.6 Å². The molecule has 0 saturated heterocycles.